The number of aromatic nitrogens is 2. The molecule has 2 heterocycles. The molecule has 1 amide bonds. The molecule has 0 aromatic carbocycles. The van der Waals surface area contributed by atoms with Gasteiger partial charge in [-0.25, -0.2) is 0 Å². The molecule has 2 rings (SSSR count). The first-order chi connectivity index (χ1) is 9.16. The second-order valence-electron chi connectivity index (χ2n) is 4.98. The van der Waals surface area contributed by atoms with E-state index >= 15 is 0 Å². The number of nitrogens with one attached hydrogen (secondary N) is 1. The van der Waals surface area contributed by atoms with E-state index in [0.717, 1.165) is 32.8 Å². The van der Waals surface area contributed by atoms with Crippen LogP contribution >= 0.6 is 0 Å². The Kier molecular flexibility index (Phi) is 4.93. The van der Waals surface area contributed by atoms with E-state index < -0.39 is 0 Å². The zero-order valence-electron chi connectivity index (χ0n) is 11.6. The summed E-state index contributed by atoms with van der Waals surface area (Å²) >= 11 is 0. The van der Waals surface area contributed by atoms with Crippen molar-refractivity contribution in [1.29, 1.82) is 0 Å². The Morgan fingerprint density at radius 2 is 2.16 bits per heavy atom. The third-order valence-electron chi connectivity index (χ3n) is 3.33. The van der Waals surface area contributed by atoms with Gasteiger partial charge in [0.15, 0.2) is 0 Å². The smallest absolute Gasteiger partial charge is 0.244 e. The zero-order chi connectivity index (χ0) is 13.7. The summed E-state index contributed by atoms with van der Waals surface area (Å²) < 4.78 is 6.97. The van der Waals surface area contributed by atoms with E-state index in [9.17, 15) is 4.79 Å². The summed E-state index contributed by atoms with van der Waals surface area (Å²) in [5.41, 5.74) is 0. The van der Waals surface area contributed by atoms with Crippen molar-refractivity contribution < 1.29 is 9.53 Å². The highest BCUT2D eigenvalue weighted by Crippen LogP contribution is 2.04. The van der Waals surface area contributed by atoms with Crippen LogP contribution in [0.15, 0.2) is 18.5 Å². The molecule has 2 atom stereocenters. The van der Waals surface area contributed by atoms with Gasteiger partial charge in [0.1, 0.15) is 6.04 Å². The standard InChI is InChI=1S/C13H22N4O2/c1-11(10-16-6-8-19-9-7-16)15-13(18)12(2)17-5-3-4-14-17/h3-5,11-12H,6-10H2,1-2H3,(H,15,18)/t11-,12-/m1/s1. The van der Waals surface area contributed by atoms with Crippen molar-refractivity contribution in [3.8, 4) is 0 Å². The van der Waals surface area contributed by atoms with Gasteiger partial charge in [-0.05, 0) is 19.9 Å². The maximum atomic E-state index is 12.1. The quantitative estimate of drug-likeness (QED) is 0.831. The van der Waals surface area contributed by atoms with Crippen LogP contribution in [0, 0.1) is 0 Å². The van der Waals surface area contributed by atoms with Gasteiger partial charge in [-0.3, -0.25) is 14.4 Å². The molecule has 106 valence electrons. The first kappa shape index (κ1) is 14.0. The molecule has 1 aromatic rings. The van der Waals surface area contributed by atoms with Gasteiger partial charge >= 0.3 is 0 Å². The Morgan fingerprint density at radius 3 is 2.79 bits per heavy atom. The number of amides is 1. The third kappa shape index (κ3) is 4.04. The van der Waals surface area contributed by atoms with Gasteiger partial charge in [0.05, 0.1) is 13.2 Å². The van der Waals surface area contributed by atoms with Crippen LogP contribution < -0.4 is 5.32 Å². The van der Waals surface area contributed by atoms with E-state index in [1.165, 1.54) is 0 Å². The van der Waals surface area contributed by atoms with E-state index in [2.05, 4.69) is 15.3 Å². The van der Waals surface area contributed by atoms with E-state index in [0.29, 0.717) is 0 Å². The summed E-state index contributed by atoms with van der Waals surface area (Å²) in [4.78, 5) is 14.4. The number of rotatable bonds is 5. The first-order valence-electron chi connectivity index (χ1n) is 6.76. The maximum Gasteiger partial charge on any atom is 0.244 e. The minimum Gasteiger partial charge on any atom is -0.379 e. The van der Waals surface area contributed by atoms with Crippen molar-refractivity contribution in [3.63, 3.8) is 0 Å². The molecule has 6 nitrogen and oxygen atoms in total. The van der Waals surface area contributed by atoms with E-state index in [-0.39, 0.29) is 18.0 Å². The average molecular weight is 266 g/mol. The summed E-state index contributed by atoms with van der Waals surface area (Å²) in [6, 6.07) is 1.67. The molecule has 1 fully saturated rings. The van der Waals surface area contributed by atoms with Gasteiger partial charge in [-0.1, -0.05) is 0 Å². The Morgan fingerprint density at radius 1 is 1.42 bits per heavy atom. The zero-order valence-corrected chi connectivity index (χ0v) is 11.6. The molecular formula is C13H22N4O2. The molecule has 0 saturated carbocycles. The van der Waals surface area contributed by atoms with Gasteiger partial charge in [0.2, 0.25) is 5.91 Å². The number of hydrogen-bond acceptors (Lipinski definition) is 4. The number of carbonyl (C=O) groups is 1. The molecule has 19 heavy (non-hydrogen) atoms. The molecule has 0 bridgehead atoms. The fourth-order valence-corrected chi connectivity index (χ4v) is 2.21. The van der Waals surface area contributed by atoms with Gasteiger partial charge in [-0.15, -0.1) is 0 Å². The topological polar surface area (TPSA) is 59.4 Å². The predicted molar refractivity (Wildman–Crippen MR) is 71.8 cm³/mol. The molecule has 6 heteroatoms. The molecule has 1 aliphatic heterocycles. The van der Waals surface area contributed by atoms with Crippen molar-refractivity contribution in [2.45, 2.75) is 25.9 Å². The molecular weight excluding hydrogens is 244 g/mol. The number of carbonyl (C=O) groups excluding carboxylic acids is 1. The van der Waals surface area contributed by atoms with Crippen molar-refractivity contribution in [3.05, 3.63) is 18.5 Å². The van der Waals surface area contributed by atoms with Crippen LogP contribution in [0.25, 0.3) is 0 Å². The first-order valence-corrected chi connectivity index (χ1v) is 6.76. The Balaban J connectivity index is 1.77. The lowest BCUT2D eigenvalue weighted by atomic mass is 10.2. The largest absolute Gasteiger partial charge is 0.379 e. The Hall–Kier alpha value is -1.40. The molecule has 1 aromatic heterocycles. The lowest BCUT2D eigenvalue weighted by Gasteiger charge is -2.29. The average Bonchev–Trinajstić information content (AvgIpc) is 2.92. The van der Waals surface area contributed by atoms with E-state index in [4.69, 9.17) is 4.74 Å². The summed E-state index contributed by atoms with van der Waals surface area (Å²) in [6.45, 7) is 8.19. The van der Waals surface area contributed by atoms with Crippen LogP contribution in [0.4, 0.5) is 0 Å². The summed E-state index contributed by atoms with van der Waals surface area (Å²) in [6.07, 6.45) is 3.48. The van der Waals surface area contributed by atoms with Crippen LogP contribution in [0.2, 0.25) is 0 Å². The normalized spacial score (nSPS) is 19.9. The molecule has 0 radical (unpaired) electrons. The van der Waals surface area contributed by atoms with Crippen LogP contribution in [0.3, 0.4) is 0 Å². The summed E-state index contributed by atoms with van der Waals surface area (Å²) in [7, 11) is 0. The van der Waals surface area contributed by atoms with Gasteiger partial charge in [-0.2, -0.15) is 5.10 Å². The van der Waals surface area contributed by atoms with Gasteiger partial charge < -0.3 is 10.1 Å². The summed E-state index contributed by atoms with van der Waals surface area (Å²) in [5.74, 6) is 0.00413. The van der Waals surface area contributed by atoms with Crippen LogP contribution in [0.5, 0.6) is 0 Å². The summed E-state index contributed by atoms with van der Waals surface area (Å²) in [5, 5.41) is 7.12. The minimum absolute atomic E-state index is 0.00413. The second-order valence-corrected chi connectivity index (χ2v) is 4.98. The highest BCUT2D eigenvalue weighted by atomic mass is 16.5. The third-order valence-corrected chi connectivity index (χ3v) is 3.33. The van der Waals surface area contributed by atoms with Crippen LogP contribution in [-0.4, -0.2) is 59.5 Å². The van der Waals surface area contributed by atoms with E-state index in [1.54, 1.807) is 17.1 Å². The number of ether oxygens (including phenoxy) is 1. The minimum atomic E-state index is -0.276. The molecule has 0 spiro atoms. The van der Waals surface area contributed by atoms with Crippen molar-refractivity contribution in [2.75, 3.05) is 32.8 Å². The highest BCUT2D eigenvalue weighted by Gasteiger charge is 2.19. The number of morpholine rings is 1. The fraction of sp³-hybridized carbons (Fsp3) is 0.692. The lowest BCUT2D eigenvalue weighted by Crippen LogP contribution is -2.47. The van der Waals surface area contributed by atoms with Crippen molar-refractivity contribution in [1.82, 2.24) is 20.0 Å². The lowest BCUT2D eigenvalue weighted by molar-refractivity contribution is -0.124. The molecule has 1 saturated heterocycles. The maximum absolute atomic E-state index is 12.1. The monoisotopic (exact) mass is 266 g/mol. The predicted octanol–water partition coefficient (Wildman–Crippen LogP) is 0.281. The Labute approximate surface area is 113 Å². The molecule has 0 aliphatic carbocycles. The molecule has 1 aliphatic rings. The second kappa shape index (κ2) is 6.68. The van der Waals surface area contributed by atoms with Gasteiger partial charge in [0.25, 0.3) is 0 Å². The van der Waals surface area contributed by atoms with Crippen molar-refractivity contribution in [2.24, 2.45) is 0 Å². The van der Waals surface area contributed by atoms with E-state index in [1.807, 2.05) is 19.9 Å². The Bertz CT molecular complexity index is 387. The SMILES string of the molecule is C[C@H](CN1CCOCC1)NC(=O)[C@@H](C)n1cccn1. The molecule has 0 unspecified atom stereocenters. The number of hydrogen-bond donors (Lipinski definition) is 1. The fourth-order valence-electron chi connectivity index (χ4n) is 2.21. The molecule has 1 N–H and O–H groups in total. The van der Waals surface area contributed by atoms with Crippen molar-refractivity contribution >= 4 is 5.91 Å². The van der Waals surface area contributed by atoms with Crippen LogP contribution in [-0.2, 0) is 9.53 Å². The number of nitrogens with zero attached hydrogens (tertiary/aromatic N) is 3. The highest BCUT2D eigenvalue weighted by molar-refractivity contribution is 5.80. The van der Waals surface area contributed by atoms with Crippen LogP contribution in [0.1, 0.15) is 19.9 Å². The van der Waals surface area contributed by atoms with Gasteiger partial charge in [0, 0.05) is 38.1 Å².